The van der Waals surface area contributed by atoms with Crippen LogP contribution in [0, 0.1) is 11.3 Å². The van der Waals surface area contributed by atoms with Crippen molar-refractivity contribution in [2.45, 2.75) is 13.2 Å². The van der Waals surface area contributed by atoms with Gasteiger partial charge in [0.05, 0.1) is 0 Å². The molecule has 0 saturated heterocycles. The summed E-state index contributed by atoms with van der Waals surface area (Å²) in [4.78, 5) is 3.88. The summed E-state index contributed by atoms with van der Waals surface area (Å²) in [5, 5.41) is 11.9. The second kappa shape index (κ2) is 6.48. The Balaban J connectivity index is 1.95. The van der Waals surface area contributed by atoms with Crippen LogP contribution in [0.2, 0.25) is 0 Å². The van der Waals surface area contributed by atoms with E-state index in [1.54, 1.807) is 30.5 Å². The van der Waals surface area contributed by atoms with E-state index in [1.807, 2.05) is 6.07 Å². The number of nitriles is 1. The quantitative estimate of drug-likeness (QED) is 0.910. The van der Waals surface area contributed by atoms with Crippen molar-refractivity contribution in [3.05, 3.63) is 53.9 Å². The Hall–Kier alpha value is -2.68. The zero-order chi connectivity index (χ0) is 14.4. The van der Waals surface area contributed by atoms with Gasteiger partial charge in [-0.3, -0.25) is 0 Å². The first kappa shape index (κ1) is 13.7. The number of rotatable bonds is 5. The maximum atomic E-state index is 12.0. The molecule has 0 saturated carbocycles. The highest BCUT2D eigenvalue weighted by Crippen LogP contribution is 2.18. The molecule has 0 fully saturated rings. The van der Waals surface area contributed by atoms with Gasteiger partial charge in [-0.25, -0.2) is 4.98 Å². The third-order valence-corrected chi connectivity index (χ3v) is 2.52. The number of aromatic nitrogens is 1. The molecule has 102 valence electrons. The third-order valence-electron chi connectivity index (χ3n) is 2.52. The standard InChI is InChI=1S/C14H11F2N3O/c15-14(16)20-13-3-1-11(2-4-13)19-9-10-5-6-18-12(7-10)8-17/h1-7,14,19H,9H2. The Morgan fingerprint density at radius 1 is 1.25 bits per heavy atom. The van der Waals surface area contributed by atoms with Crippen molar-refractivity contribution in [2.24, 2.45) is 0 Å². The topological polar surface area (TPSA) is 57.9 Å². The van der Waals surface area contributed by atoms with Gasteiger partial charge in [0.1, 0.15) is 17.5 Å². The van der Waals surface area contributed by atoms with E-state index >= 15 is 0 Å². The van der Waals surface area contributed by atoms with Gasteiger partial charge >= 0.3 is 6.61 Å². The lowest BCUT2D eigenvalue weighted by Crippen LogP contribution is -2.03. The summed E-state index contributed by atoms with van der Waals surface area (Å²) >= 11 is 0. The van der Waals surface area contributed by atoms with Crippen LogP contribution < -0.4 is 10.1 Å². The second-order valence-electron chi connectivity index (χ2n) is 3.92. The summed E-state index contributed by atoms with van der Waals surface area (Å²) in [6, 6.07) is 11.6. The van der Waals surface area contributed by atoms with Crippen molar-refractivity contribution in [1.29, 1.82) is 5.26 Å². The minimum absolute atomic E-state index is 0.112. The van der Waals surface area contributed by atoms with Crippen molar-refractivity contribution in [1.82, 2.24) is 4.98 Å². The van der Waals surface area contributed by atoms with E-state index in [1.165, 1.54) is 12.1 Å². The summed E-state index contributed by atoms with van der Waals surface area (Å²) in [6.07, 6.45) is 1.56. The van der Waals surface area contributed by atoms with Crippen molar-refractivity contribution in [3.63, 3.8) is 0 Å². The average Bonchev–Trinajstić information content (AvgIpc) is 2.46. The molecule has 1 aromatic carbocycles. The molecule has 0 spiro atoms. The first-order valence-corrected chi connectivity index (χ1v) is 5.81. The third kappa shape index (κ3) is 3.92. The van der Waals surface area contributed by atoms with Crippen LogP contribution in [-0.4, -0.2) is 11.6 Å². The normalized spacial score (nSPS) is 10.1. The van der Waals surface area contributed by atoms with Gasteiger partial charge in [0.25, 0.3) is 0 Å². The van der Waals surface area contributed by atoms with Gasteiger partial charge in [0.2, 0.25) is 0 Å². The zero-order valence-electron chi connectivity index (χ0n) is 10.4. The summed E-state index contributed by atoms with van der Waals surface area (Å²) in [5.74, 6) is 0.112. The molecule has 0 aliphatic rings. The van der Waals surface area contributed by atoms with Gasteiger partial charge < -0.3 is 10.1 Å². The van der Waals surface area contributed by atoms with Crippen LogP contribution in [0.25, 0.3) is 0 Å². The molecule has 0 bridgehead atoms. The number of hydrogen-bond donors (Lipinski definition) is 1. The number of nitrogens with one attached hydrogen (secondary N) is 1. The molecule has 1 N–H and O–H groups in total. The first-order valence-electron chi connectivity index (χ1n) is 5.81. The summed E-state index contributed by atoms with van der Waals surface area (Å²) in [6.45, 7) is -2.32. The molecular weight excluding hydrogens is 264 g/mol. The van der Waals surface area contributed by atoms with E-state index in [-0.39, 0.29) is 5.75 Å². The predicted octanol–water partition coefficient (Wildman–Crippen LogP) is 3.17. The molecule has 0 aliphatic carbocycles. The average molecular weight is 275 g/mol. The van der Waals surface area contributed by atoms with Crippen molar-refractivity contribution < 1.29 is 13.5 Å². The molecule has 0 atom stereocenters. The van der Waals surface area contributed by atoms with Gasteiger partial charge in [-0.05, 0) is 42.0 Å². The zero-order valence-corrected chi connectivity index (χ0v) is 10.4. The molecular formula is C14H11F2N3O. The fraction of sp³-hybridized carbons (Fsp3) is 0.143. The van der Waals surface area contributed by atoms with Gasteiger partial charge in [-0.15, -0.1) is 0 Å². The molecule has 0 aliphatic heterocycles. The van der Waals surface area contributed by atoms with Gasteiger partial charge in [-0.1, -0.05) is 0 Å². The number of ether oxygens (including phenoxy) is 1. The number of nitrogens with zero attached hydrogens (tertiary/aromatic N) is 2. The SMILES string of the molecule is N#Cc1cc(CNc2ccc(OC(F)F)cc2)ccn1. The summed E-state index contributed by atoms with van der Waals surface area (Å²) in [5.41, 5.74) is 2.02. The van der Waals surface area contributed by atoms with E-state index in [0.717, 1.165) is 11.3 Å². The smallest absolute Gasteiger partial charge is 0.387 e. The van der Waals surface area contributed by atoms with Crippen LogP contribution >= 0.6 is 0 Å². The number of benzene rings is 1. The minimum atomic E-state index is -2.82. The first-order chi connectivity index (χ1) is 9.67. The molecule has 4 nitrogen and oxygen atoms in total. The molecule has 0 radical (unpaired) electrons. The highest BCUT2D eigenvalue weighted by atomic mass is 19.3. The Morgan fingerprint density at radius 3 is 2.65 bits per heavy atom. The molecule has 2 rings (SSSR count). The van der Waals surface area contributed by atoms with Crippen LogP contribution in [0.5, 0.6) is 5.75 Å². The van der Waals surface area contributed by atoms with Crippen LogP contribution in [0.4, 0.5) is 14.5 Å². The second-order valence-corrected chi connectivity index (χ2v) is 3.92. The van der Waals surface area contributed by atoms with Crippen LogP contribution in [0.3, 0.4) is 0 Å². The lowest BCUT2D eigenvalue weighted by atomic mass is 10.2. The Kier molecular flexibility index (Phi) is 4.45. The molecule has 0 amide bonds. The number of alkyl halides is 2. The van der Waals surface area contributed by atoms with Gasteiger partial charge in [0, 0.05) is 18.4 Å². The summed E-state index contributed by atoms with van der Waals surface area (Å²) in [7, 11) is 0. The number of hydrogen-bond acceptors (Lipinski definition) is 4. The molecule has 2 aromatic rings. The highest BCUT2D eigenvalue weighted by Gasteiger charge is 2.03. The maximum Gasteiger partial charge on any atom is 0.387 e. The lowest BCUT2D eigenvalue weighted by Gasteiger charge is -2.08. The van der Waals surface area contributed by atoms with Gasteiger partial charge in [0.15, 0.2) is 0 Å². The van der Waals surface area contributed by atoms with Crippen LogP contribution in [0.15, 0.2) is 42.6 Å². The van der Waals surface area contributed by atoms with Gasteiger partial charge in [-0.2, -0.15) is 14.0 Å². The van der Waals surface area contributed by atoms with E-state index in [4.69, 9.17) is 5.26 Å². The Bertz CT molecular complexity index is 609. The summed E-state index contributed by atoms with van der Waals surface area (Å²) < 4.78 is 28.2. The highest BCUT2D eigenvalue weighted by molar-refractivity contribution is 5.47. The van der Waals surface area contributed by atoms with Crippen molar-refractivity contribution >= 4 is 5.69 Å². The number of anilines is 1. The largest absolute Gasteiger partial charge is 0.435 e. The minimum Gasteiger partial charge on any atom is -0.435 e. The molecule has 20 heavy (non-hydrogen) atoms. The predicted molar refractivity (Wildman–Crippen MR) is 69.4 cm³/mol. The van der Waals surface area contributed by atoms with Crippen molar-refractivity contribution in [3.8, 4) is 11.8 Å². The van der Waals surface area contributed by atoms with E-state index in [0.29, 0.717) is 12.2 Å². The van der Waals surface area contributed by atoms with Crippen LogP contribution in [0.1, 0.15) is 11.3 Å². The lowest BCUT2D eigenvalue weighted by molar-refractivity contribution is -0.0498. The van der Waals surface area contributed by atoms with Crippen LogP contribution in [-0.2, 0) is 6.54 Å². The molecule has 1 heterocycles. The van der Waals surface area contributed by atoms with E-state index in [9.17, 15) is 8.78 Å². The monoisotopic (exact) mass is 275 g/mol. The fourth-order valence-electron chi connectivity index (χ4n) is 1.60. The molecule has 1 aromatic heterocycles. The van der Waals surface area contributed by atoms with Crippen molar-refractivity contribution in [2.75, 3.05) is 5.32 Å². The Labute approximate surface area is 114 Å². The van der Waals surface area contributed by atoms with E-state index in [2.05, 4.69) is 15.0 Å². The Morgan fingerprint density at radius 2 is 2.00 bits per heavy atom. The molecule has 0 unspecified atom stereocenters. The molecule has 6 heteroatoms. The number of pyridine rings is 1. The maximum absolute atomic E-state index is 12.0. The number of halogens is 2. The fourth-order valence-corrected chi connectivity index (χ4v) is 1.60. The van der Waals surface area contributed by atoms with E-state index < -0.39 is 6.61 Å².